The lowest BCUT2D eigenvalue weighted by Crippen LogP contribution is -2.53. The third-order valence-corrected chi connectivity index (χ3v) is 4.10. The largest absolute Gasteiger partial charge is 0.457 e. The van der Waals surface area contributed by atoms with Gasteiger partial charge in [-0.3, -0.25) is 0 Å². The van der Waals surface area contributed by atoms with Crippen LogP contribution < -0.4 is 4.90 Å². The lowest BCUT2D eigenvalue weighted by atomic mass is 10.2. The standard InChI is InChI=1S/C13H13FN2O3S/c1-18-7-12(17)19-9-5-16(6-9)13-15-10-3-2-8(14)4-11(10)20-13/h2-4,9H,5-7H2,1H3. The summed E-state index contributed by atoms with van der Waals surface area (Å²) in [6, 6.07) is 4.55. The number of methoxy groups -OCH3 is 1. The summed E-state index contributed by atoms with van der Waals surface area (Å²) in [6.45, 7) is 1.19. The first-order valence-corrected chi connectivity index (χ1v) is 6.97. The van der Waals surface area contributed by atoms with Crippen LogP contribution in [0.4, 0.5) is 9.52 Å². The highest BCUT2D eigenvalue weighted by Gasteiger charge is 2.32. The third kappa shape index (κ3) is 2.59. The molecule has 0 saturated carbocycles. The van der Waals surface area contributed by atoms with E-state index in [1.165, 1.54) is 30.6 Å². The summed E-state index contributed by atoms with van der Waals surface area (Å²) in [7, 11) is 1.45. The number of nitrogens with zero attached hydrogens (tertiary/aromatic N) is 2. The SMILES string of the molecule is COCC(=O)OC1CN(c2nc3ccc(F)cc3s2)C1. The van der Waals surface area contributed by atoms with Crippen molar-refractivity contribution in [2.75, 3.05) is 31.7 Å². The van der Waals surface area contributed by atoms with E-state index in [0.29, 0.717) is 13.1 Å². The maximum Gasteiger partial charge on any atom is 0.332 e. The predicted octanol–water partition coefficient (Wildman–Crippen LogP) is 1.81. The van der Waals surface area contributed by atoms with Crippen LogP contribution in [0.15, 0.2) is 18.2 Å². The highest BCUT2D eigenvalue weighted by Crippen LogP contribution is 2.32. The summed E-state index contributed by atoms with van der Waals surface area (Å²) in [5, 5.41) is 0.824. The molecule has 20 heavy (non-hydrogen) atoms. The first-order chi connectivity index (χ1) is 9.65. The minimum atomic E-state index is -0.358. The molecule has 1 fully saturated rings. The van der Waals surface area contributed by atoms with E-state index in [9.17, 15) is 9.18 Å². The van der Waals surface area contributed by atoms with E-state index < -0.39 is 0 Å². The van der Waals surface area contributed by atoms with Crippen LogP contribution in [-0.2, 0) is 14.3 Å². The van der Waals surface area contributed by atoms with Gasteiger partial charge in [0.1, 0.15) is 18.5 Å². The average molecular weight is 296 g/mol. The predicted molar refractivity (Wildman–Crippen MR) is 73.5 cm³/mol. The number of hydrogen-bond donors (Lipinski definition) is 0. The molecule has 0 unspecified atom stereocenters. The zero-order valence-electron chi connectivity index (χ0n) is 10.8. The molecule has 1 aliphatic rings. The smallest absolute Gasteiger partial charge is 0.332 e. The van der Waals surface area contributed by atoms with Crippen molar-refractivity contribution < 1.29 is 18.7 Å². The topological polar surface area (TPSA) is 51.7 Å². The Hall–Kier alpha value is -1.73. The Morgan fingerprint density at radius 2 is 2.35 bits per heavy atom. The number of ether oxygens (including phenoxy) is 2. The molecule has 0 aliphatic carbocycles. The number of anilines is 1. The highest BCUT2D eigenvalue weighted by atomic mass is 32.1. The van der Waals surface area contributed by atoms with Crippen molar-refractivity contribution in [3.8, 4) is 0 Å². The van der Waals surface area contributed by atoms with Crippen molar-refractivity contribution in [2.45, 2.75) is 6.10 Å². The van der Waals surface area contributed by atoms with E-state index in [1.807, 2.05) is 4.90 Å². The number of hydrogen-bond acceptors (Lipinski definition) is 6. The molecule has 2 heterocycles. The van der Waals surface area contributed by atoms with Crippen LogP contribution >= 0.6 is 11.3 Å². The molecule has 1 saturated heterocycles. The Kier molecular flexibility index (Phi) is 3.54. The number of halogens is 1. The van der Waals surface area contributed by atoms with E-state index in [-0.39, 0.29) is 24.5 Å². The summed E-state index contributed by atoms with van der Waals surface area (Å²) in [5.41, 5.74) is 0.784. The Morgan fingerprint density at radius 1 is 1.55 bits per heavy atom. The second-order valence-electron chi connectivity index (χ2n) is 4.56. The first-order valence-electron chi connectivity index (χ1n) is 6.15. The fraction of sp³-hybridized carbons (Fsp3) is 0.385. The number of rotatable bonds is 4. The van der Waals surface area contributed by atoms with Gasteiger partial charge in [0.15, 0.2) is 5.13 Å². The molecule has 0 N–H and O–H groups in total. The minimum Gasteiger partial charge on any atom is -0.457 e. The van der Waals surface area contributed by atoms with E-state index >= 15 is 0 Å². The van der Waals surface area contributed by atoms with E-state index in [0.717, 1.165) is 15.3 Å². The van der Waals surface area contributed by atoms with Crippen molar-refractivity contribution in [3.63, 3.8) is 0 Å². The fourth-order valence-corrected chi connectivity index (χ4v) is 3.04. The van der Waals surface area contributed by atoms with E-state index in [4.69, 9.17) is 9.47 Å². The van der Waals surface area contributed by atoms with Gasteiger partial charge in [0.05, 0.1) is 23.3 Å². The van der Waals surface area contributed by atoms with Gasteiger partial charge in [-0.05, 0) is 18.2 Å². The van der Waals surface area contributed by atoms with Gasteiger partial charge >= 0.3 is 5.97 Å². The molecule has 5 nitrogen and oxygen atoms in total. The lowest BCUT2D eigenvalue weighted by Gasteiger charge is -2.38. The van der Waals surface area contributed by atoms with Gasteiger partial charge in [-0.2, -0.15) is 0 Å². The van der Waals surface area contributed by atoms with Crippen molar-refractivity contribution in [3.05, 3.63) is 24.0 Å². The second-order valence-corrected chi connectivity index (χ2v) is 5.57. The summed E-state index contributed by atoms with van der Waals surface area (Å²) in [4.78, 5) is 17.7. The van der Waals surface area contributed by atoms with Crippen LogP contribution in [0.25, 0.3) is 10.2 Å². The van der Waals surface area contributed by atoms with Crippen LogP contribution in [0.3, 0.4) is 0 Å². The fourth-order valence-electron chi connectivity index (χ4n) is 2.03. The molecule has 0 amide bonds. The zero-order valence-corrected chi connectivity index (χ0v) is 11.7. The summed E-state index contributed by atoms with van der Waals surface area (Å²) >= 11 is 1.44. The Bertz CT molecular complexity index is 640. The molecule has 2 aromatic rings. The van der Waals surface area contributed by atoms with Crippen LogP contribution in [0.2, 0.25) is 0 Å². The monoisotopic (exact) mass is 296 g/mol. The van der Waals surface area contributed by atoms with E-state index in [2.05, 4.69) is 4.98 Å². The Balaban J connectivity index is 1.62. The summed E-state index contributed by atoms with van der Waals surface area (Å²) in [5.74, 6) is -0.619. The molecular weight excluding hydrogens is 283 g/mol. The maximum atomic E-state index is 13.1. The zero-order chi connectivity index (χ0) is 14.1. The lowest BCUT2D eigenvalue weighted by molar-refractivity contribution is -0.154. The number of esters is 1. The van der Waals surface area contributed by atoms with Gasteiger partial charge in [0, 0.05) is 7.11 Å². The number of thiazole rings is 1. The summed E-state index contributed by atoms with van der Waals surface area (Å²) in [6.07, 6.45) is -0.124. The third-order valence-electron chi connectivity index (χ3n) is 3.02. The molecule has 0 spiro atoms. The number of carbonyl (C=O) groups excluding carboxylic acids is 1. The number of aromatic nitrogens is 1. The second kappa shape index (κ2) is 5.34. The highest BCUT2D eigenvalue weighted by molar-refractivity contribution is 7.22. The normalized spacial score (nSPS) is 15.4. The molecule has 0 atom stereocenters. The Morgan fingerprint density at radius 3 is 3.10 bits per heavy atom. The van der Waals surface area contributed by atoms with Crippen molar-refractivity contribution in [1.82, 2.24) is 4.98 Å². The minimum absolute atomic E-state index is 0.0308. The molecule has 3 rings (SSSR count). The van der Waals surface area contributed by atoms with Gasteiger partial charge in [0.25, 0.3) is 0 Å². The molecule has 0 bridgehead atoms. The van der Waals surface area contributed by atoms with Crippen LogP contribution in [0.5, 0.6) is 0 Å². The van der Waals surface area contributed by atoms with E-state index in [1.54, 1.807) is 6.07 Å². The number of fused-ring (bicyclic) bond motifs is 1. The quantitative estimate of drug-likeness (QED) is 0.806. The number of carbonyl (C=O) groups is 1. The van der Waals surface area contributed by atoms with Crippen LogP contribution in [-0.4, -0.2) is 43.9 Å². The maximum absolute atomic E-state index is 13.1. The van der Waals surface area contributed by atoms with Crippen molar-refractivity contribution in [1.29, 1.82) is 0 Å². The van der Waals surface area contributed by atoms with Gasteiger partial charge in [0.2, 0.25) is 0 Å². The molecule has 0 radical (unpaired) electrons. The molecular formula is C13H13FN2O3S. The van der Waals surface area contributed by atoms with Crippen LogP contribution in [0, 0.1) is 5.82 Å². The summed E-state index contributed by atoms with van der Waals surface area (Å²) < 4.78 is 23.8. The van der Waals surface area contributed by atoms with Crippen molar-refractivity contribution >= 4 is 32.7 Å². The Labute approximate surface area is 118 Å². The average Bonchev–Trinajstić information content (AvgIpc) is 2.75. The first kappa shape index (κ1) is 13.3. The van der Waals surface area contributed by atoms with Crippen molar-refractivity contribution in [2.24, 2.45) is 0 Å². The number of benzene rings is 1. The molecule has 1 aromatic carbocycles. The van der Waals surface area contributed by atoms with Crippen LogP contribution in [0.1, 0.15) is 0 Å². The molecule has 106 valence electrons. The molecule has 7 heteroatoms. The van der Waals surface area contributed by atoms with Gasteiger partial charge < -0.3 is 14.4 Å². The molecule has 1 aromatic heterocycles. The van der Waals surface area contributed by atoms with Gasteiger partial charge in [-0.25, -0.2) is 14.2 Å². The van der Waals surface area contributed by atoms with Gasteiger partial charge in [-0.1, -0.05) is 11.3 Å². The molecule has 1 aliphatic heterocycles. The van der Waals surface area contributed by atoms with Gasteiger partial charge in [-0.15, -0.1) is 0 Å².